The number of thiocarbonyl (C=S) groups is 1. The van der Waals surface area contributed by atoms with Crippen LogP contribution in [-0.4, -0.2) is 28.4 Å². The van der Waals surface area contributed by atoms with Crippen molar-refractivity contribution in [3.05, 3.63) is 77.4 Å². The van der Waals surface area contributed by atoms with E-state index in [1.165, 1.54) is 29.2 Å². The summed E-state index contributed by atoms with van der Waals surface area (Å²) in [6, 6.07) is 15.2. The highest BCUT2D eigenvalue weighted by atomic mass is 32.1. The summed E-state index contributed by atoms with van der Waals surface area (Å²) in [5.41, 5.74) is 1.07. The van der Waals surface area contributed by atoms with Crippen molar-refractivity contribution in [1.29, 1.82) is 10.5 Å². The third kappa shape index (κ3) is 4.25. The number of nitrogens with zero attached hydrogens (tertiary/aromatic N) is 3. The van der Waals surface area contributed by atoms with Crippen LogP contribution in [-0.2, 0) is 9.59 Å². The van der Waals surface area contributed by atoms with Gasteiger partial charge in [0.1, 0.15) is 29.2 Å². The zero-order valence-electron chi connectivity index (χ0n) is 15.6. The average Bonchev–Trinajstić information content (AvgIpc) is 2.75. The van der Waals surface area contributed by atoms with Crippen LogP contribution < -0.4 is 10.1 Å². The fraction of sp³-hybridized carbons (Fsp3) is 0.0455. The third-order valence-electron chi connectivity index (χ3n) is 4.16. The summed E-state index contributed by atoms with van der Waals surface area (Å²) in [5.74, 6) is -0.162. The largest absolute Gasteiger partial charge is 0.457 e. The molecule has 1 aliphatic heterocycles. The highest BCUT2D eigenvalue weighted by Crippen LogP contribution is 2.25. The highest BCUT2D eigenvalue weighted by molar-refractivity contribution is 7.80. The van der Waals surface area contributed by atoms with E-state index in [9.17, 15) is 9.59 Å². The van der Waals surface area contributed by atoms with Crippen LogP contribution in [0, 0.1) is 22.7 Å². The van der Waals surface area contributed by atoms with E-state index in [0.717, 1.165) is 0 Å². The molecule has 146 valence electrons. The predicted molar refractivity (Wildman–Crippen MR) is 113 cm³/mol. The number of ether oxygens (including phenoxy) is 1. The molecule has 1 fully saturated rings. The molecule has 0 aromatic heterocycles. The van der Waals surface area contributed by atoms with Gasteiger partial charge < -0.3 is 4.74 Å². The number of benzene rings is 2. The molecular weight excluding hydrogens is 400 g/mol. The number of hydrogen-bond acceptors (Lipinski definition) is 6. The Balaban J connectivity index is 1.80. The van der Waals surface area contributed by atoms with Gasteiger partial charge in [-0.25, -0.2) is 0 Å². The minimum Gasteiger partial charge on any atom is -0.457 e. The molecule has 0 unspecified atom stereocenters. The first kappa shape index (κ1) is 20.5. The molecular formula is C22H14N4O3S. The van der Waals surface area contributed by atoms with E-state index in [0.29, 0.717) is 17.1 Å². The Labute approximate surface area is 178 Å². The molecule has 2 amide bonds. The number of nitrogens with one attached hydrogen (secondary N) is 1. The van der Waals surface area contributed by atoms with E-state index in [4.69, 9.17) is 27.5 Å². The second-order valence-corrected chi connectivity index (χ2v) is 6.51. The van der Waals surface area contributed by atoms with Gasteiger partial charge in [-0.05, 0) is 54.2 Å². The summed E-state index contributed by atoms with van der Waals surface area (Å²) < 4.78 is 5.71. The summed E-state index contributed by atoms with van der Waals surface area (Å²) in [4.78, 5) is 26.0. The first-order valence-corrected chi connectivity index (χ1v) is 9.09. The van der Waals surface area contributed by atoms with Crippen molar-refractivity contribution in [2.45, 2.75) is 0 Å². The summed E-state index contributed by atoms with van der Waals surface area (Å²) >= 11 is 5.02. The Bertz CT molecular complexity index is 1170. The molecule has 1 N–H and O–H groups in total. The zero-order chi connectivity index (χ0) is 21.7. The zero-order valence-corrected chi connectivity index (χ0v) is 16.4. The van der Waals surface area contributed by atoms with Crippen LogP contribution in [0.2, 0.25) is 0 Å². The molecule has 0 atom stereocenters. The Morgan fingerprint density at radius 2 is 1.73 bits per heavy atom. The van der Waals surface area contributed by atoms with Crippen LogP contribution in [0.15, 0.2) is 60.7 Å². The van der Waals surface area contributed by atoms with Gasteiger partial charge in [-0.15, -0.1) is 6.58 Å². The normalized spacial score (nSPS) is 14.7. The maximum absolute atomic E-state index is 12.5. The summed E-state index contributed by atoms with van der Waals surface area (Å²) in [6.07, 6.45) is 2.99. The quantitative estimate of drug-likeness (QED) is 0.349. The SMILES string of the molecule is C=CCN1C(=O)C(=Cc2ccc(Oc3ccc(C#N)c(C#N)c3)cc2)C(=O)NC1=S. The van der Waals surface area contributed by atoms with Crippen molar-refractivity contribution < 1.29 is 14.3 Å². The molecule has 0 bridgehead atoms. The fourth-order valence-electron chi connectivity index (χ4n) is 2.70. The van der Waals surface area contributed by atoms with Gasteiger partial charge in [-0.1, -0.05) is 18.2 Å². The van der Waals surface area contributed by atoms with Crippen LogP contribution in [0.25, 0.3) is 6.08 Å². The molecule has 1 heterocycles. The highest BCUT2D eigenvalue weighted by Gasteiger charge is 2.32. The Kier molecular flexibility index (Phi) is 6.02. The van der Waals surface area contributed by atoms with Crippen molar-refractivity contribution in [1.82, 2.24) is 10.2 Å². The fourth-order valence-corrected chi connectivity index (χ4v) is 2.95. The molecule has 1 aliphatic rings. The predicted octanol–water partition coefficient (Wildman–Crippen LogP) is 3.03. The summed E-state index contributed by atoms with van der Waals surface area (Å²) in [5, 5.41) is 20.6. The lowest BCUT2D eigenvalue weighted by Crippen LogP contribution is -2.53. The van der Waals surface area contributed by atoms with Gasteiger partial charge in [0.25, 0.3) is 11.8 Å². The first-order valence-electron chi connectivity index (χ1n) is 8.68. The monoisotopic (exact) mass is 414 g/mol. The molecule has 3 rings (SSSR count). The lowest BCUT2D eigenvalue weighted by atomic mass is 10.1. The van der Waals surface area contributed by atoms with Gasteiger partial charge >= 0.3 is 0 Å². The molecule has 0 aliphatic carbocycles. The van der Waals surface area contributed by atoms with Crippen molar-refractivity contribution in [2.24, 2.45) is 0 Å². The number of hydrogen-bond donors (Lipinski definition) is 1. The molecule has 2 aromatic carbocycles. The summed E-state index contributed by atoms with van der Waals surface area (Å²) in [7, 11) is 0. The smallest absolute Gasteiger partial charge is 0.265 e. The van der Waals surface area contributed by atoms with Crippen LogP contribution in [0.3, 0.4) is 0 Å². The maximum Gasteiger partial charge on any atom is 0.265 e. The Morgan fingerprint density at radius 3 is 2.37 bits per heavy atom. The molecule has 0 spiro atoms. The molecule has 1 saturated heterocycles. The van der Waals surface area contributed by atoms with E-state index < -0.39 is 11.8 Å². The van der Waals surface area contributed by atoms with Crippen molar-refractivity contribution in [3.8, 4) is 23.6 Å². The van der Waals surface area contributed by atoms with E-state index in [1.807, 2.05) is 12.1 Å². The lowest BCUT2D eigenvalue weighted by molar-refractivity contribution is -0.128. The molecule has 7 nitrogen and oxygen atoms in total. The number of carbonyl (C=O) groups excluding carboxylic acids is 2. The maximum atomic E-state index is 12.5. The molecule has 0 saturated carbocycles. The first-order chi connectivity index (χ1) is 14.5. The third-order valence-corrected chi connectivity index (χ3v) is 4.48. The van der Waals surface area contributed by atoms with Crippen molar-refractivity contribution in [3.63, 3.8) is 0 Å². The molecule has 2 aromatic rings. The number of rotatable bonds is 5. The van der Waals surface area contributed by atoms with E-state index >= 15 is 0 Å². The van der Waals surface area contributed by atoms with Crippen molar-refractivity contribution >= 4 is 35.2 Å². The number of nitriles is 2. The number of amides is 2. The standard InChI is InChI=1S/C22H14N4O3S/c1-2-9-26-21(28)19(20(27)25-22(26)30)10-14-3-6-17(7-4-14)29-18-8-5-15(12-23)16(11-18)13-24/h2-8,10-11H,1,9H2,(H,25,27,30). The number of carbonyl (C=O) groups is 2. The molecule has 0 radical (unpaired) electrons. The van der Waals surface area contributed by atoms with Crippen LogP contribution in [0.1, 0.15) is 16.7 Å². The average molecular weight is 414 g/mol. The Morgan fingerprint density at radius 1 is 1.07 bits per heavy atom. The van der Waals surface area contributed by atoms with Gasteiger partial charge in [-0.2, -0.15) is 10.5 Å². The van der Waals surface area contributed by atoms with Gasteiger partial charge in [0.05, 0.1) is 11.1 Å². The second kappa shape index (κ2) is 8.82. The van der Waals surface area contributed by atoms with Gasteiger partial charge in [0.15, 0.2) is 5.11 Å². The van der Waals surface area contributed by atoms with Gasteiger partial charge in [-0.3, -0.25) is 19.8 Å². The topological polar surface area (TPSA) is 106 Å². The Hall–Kier alpha value is -4.27. The van der Waals surface area contributed by atoms with E-state index in [2.05, 4.69) is 11.9 Å². The molecule has 8 heteroatoms. The van der Waals surface area contributed by atoms with E-state index in [-0.39, 0.29) is 28.4 Å². The van der Waals surface area contributed by atoms with Gasteiger partial charge in [0, 0.05) is 6.54 Å². The molecule has 30 heavy (non-hydrogen) atoms. The van der Waals surface area contributed by atoms with Crippen molar-refractivity contribution in [2.75, 3.05) is 6.54 Å². The van der Waals surface area contributed by atoms with Crippen LogP contribution >= 0.6 is 12.2 Å². The van der Waals surface area contributed by atoms with E-state index in [1.54, 1.807) is 30.3 Å². The lowest BCUT2D eigenvalue weighted by Gasteiger charge is -2.27. The second-order valence-electron chi connectivity index (χ2n) is 6.12. The summed E-state index contributed by atoms with van der Waals surface area (Å²) in [6.45, 7) is 3.77. The van der Waals surface area contributed by atoms with Crippen LogP contribution in [0.5, 0.6) is 11.5 Å². The minimum atomic E-state index is -0.563. The van der Waals surface area contributed by atoms with Gasteiger partial charge in [0.2, 0.25) is 0 Å². The van der Waals surface area contributed by atoms with Crippen LogP contribution in [0.4, 0.5) is 0 Å². The minimum absolute atomic E-state index is 0.0372.